The Labute approximate surface area is 160 Å². The van der Waals surface area contributed by atoms with E-state index in [0.29, 0.717) is 0 Å². The van der Waals surface area contributed by atoms with Crippen LogP contribution in [0.3, 0.4) is 0 Å². The van der Waals surface area contributed by atoms with Crippen molar-refractivity contribution in [1.82, 2.24) is 10.3 Å². The number of para-hydroxylation sites is 1. The molecular weight excluding hydrogens is 340 g/mol. The van der Waals surface area contributed by atoms with E-state index in [0.717, 1.165) is 33.7 Å². The molecule has 0 aliphatic carbocycles. The predicted octanol–water partition coefficient (Wildman–Crippen LogP) is 4.60. The Morgan fingerprint density at radius 1 is 1.07 bits per heavy atom. The highest BCUT2D eigenvalue weighted by Gasteiger charge is 1.98. The summed E-state index contributed by atoms with van der Waals surface area (Å²) in [5.41, 5.74) is 9.29. The average Bonchev–Trinajstić information content (AvgIpc) is 2.70. The van der Waals surface area contributed by atoms with Crippen LogP contribution in [0.5, 0.6) is 5.75 Å². The van der Waals surface area contributed by atoms with Crippen LogP contribution in [0.2, 0.25) is 0 Å². The number of fused-ring (bicyclic) bond motifs is 1. The number of amides is 2. The van der Waals surface area contributed by atoms with E-state index in [1.54, 1.807) is 38.4 Å². The topological polar surface area (TPSA) is 89.3 Å². The van der Waals surface area contributed by atoms with Crippen LogP contribution < -0.4 is 21.1 Å². The number of hydrogen-bond donors (Lipinski definition) is 3. The van der Waals surface area contributed by atoms with Crippen molar-refractivity contribution < 1.29 is 9.53 Å². The fraction of sp³-hybridized carbons (Fsp3) is 0.238. The zero-order valence-electron chi connectivity index (χ0n) is 16.5. The lowest BCUT2D eigenvalue weighted by molar-refractivity contribution is 0.254. The molecule has 0 radical (unpaired) electrons. The van der Waals surface area contributed by atoms with Crippen LogP contribution in [0.1, 0.15) is 19.5 Å². The smallest absolute Gasteiger partial charge is 0.318 e. The van der Waals surface area contributed by atoms with Crippen molar-refractivity contribution in [3.8, 4) is 5.75 Å². The number of nitrogens with zero attached hydrogens (tertiary/aromatic N) is 1. The third-order valence-electron chi connectivity index (χ3n) is 3.45. The van der Waals surface area contributed by atoms with Gasteiger partial charge in [-0.25, -0.2) is 4.79 Å². The maximum absolute atomic E-state index is 10.9. The minimum absolute atomic E-state index is 0.231. The second kappa shape index (κ2) is 11.4. The molecule has 2 amide bonds. The molecule has 3 rings (SSSR count). The average molecular weight is 368 g/mol. The van der Waals surface area contributed by atoms with Gasteiger partial charge in [0.25, 0.3) is 0 Å². The standard InChI is InChI=1S/C10H10N2.C9H12N2O2.C2H6/c1-7-6-9(11)8-4-2-3-5-10(8)12-7;1-10-9(12)11-7-3-5-8(13-2)6-4-7;1-2/h2-6H,1H3,(H2,11,12);3-6H,1-2H3,(H2,10,11,12);1-2H3. The van der Waals surface area contributed by atoms with Crippen LogP contribution in [-0.4, -0.2) is 25.2 Å². The van der Waals surface area contributed by atoms with Crippen LogP contribution in [0.25, 0.3) is 10.9 Å². The summed E-state index contributed by atoms with van der Waals surface area (Å²) in [5.74, 6) is 0.766. The first kappa shape index (κ1) is 21.8. The normalized spacial score (nSPS) is 9.22. The number of carbonyl (C=O) groups is 1. The zero-order chi connectivity index (χ0) is 20.2. The number of aryl methyl sites for hydroxylation is 1. The first-order valence-corrected chi connectivity index (χ1v) is 8.78. The van der Waals surface area contributed by atoms with Crippen molar-refractivity contribution in [2.24, 2.45) is 0 Å². The number of ether oxygens (including phenoxy) is 1. The van der Waals surface area contributed by atoms with Gasteiger partial charge in [-0.2, -0.15) is 0 Å². The molecule has 1 aromatic heterocycles. The predicted molar refractivity (Wildman–Crippen MR) is 113 cm³/mol. The van der Waals surface area contributed by atoms with Gasteiger partial charge in [-0.3, -0.25) is 4.98 Å². The molecule has 0 unspecified atom stereocenters. The fourth-order valence-corrected chi connectivity index (χ4v) is 2.21. The molecule has 0 bridgehead atoms. The van der Waals surface area contributed by atoms with E-state index in [2.05, 4.69) is 15.6 Å². The molecule has 0 saturated heterocycles. The zero-order valence-corrected chi connectivity index (χ0v) is 16.5. The summed E-state index contributed by atoms with van der Waals surface area (Å²) < 4.78 is 4.97. The summed E-state index contributed by atoms with van der Waals surface area (Å²) in [6.45, 7) is 5.95. The minimum atomic E-state index is -0.231. The van der Waals surface area contributed by atoms with E-state index in [-0.39, 0.29) is 6.03 Å². The van der Waals surface area contributed by atoms with Crippen LogP contribution in [-0.2, 0) is 0 Å². The number of carbonyl (C=O) groups excluding carboxylic acids is 1. The molecule has 144 valence electrons. The first-order valence-electron chi connectivity index (χ1n) is 8.78. The molecular formula is C21H28N4O2. The summed E-state index contributed by atoms with van der Waals surface area (Å²) >= 11 is 0. The summed E-state index contributed by atoms with van der Waals surface area (Å²) in [6, 6.07) is 16.7. The van der Waals surface area contributed by atoms with Crippen molar-refractivity contribution in [2.45, 2.75) is 20.8 Å². The fourth-order valence-electron chi connectivity index (χ4n) is 2.21. The van der Waals surface area contributed by atoms with Gasteiger partial charge in [-0.1, -0.05) is 32.0 Å². The molecule has 0 spiro atoms. The maximum Gasteiger partial charge on any atom is 0.318 e. The second-order valence-electron chi connectivity index (χ2n) is 5.30. The second-order valence-corrected chi connectivity index (χ2v) is 5.30. The van der Waals surface area contributed by atoms with Crippen molar-refractivity contribution in [2.75, 3.05) is 25.2 Å². The lowest BCUT2D eigenvalue weighted by atomic mass is 10.2. The summed E-state index contributed by atoms with van der Waals surface area (Å²) in [7, 11) is 3.17. The van der Waals surface area contributed by atoms with E-state index in [1.165, 1.54) is 0 Å². The van der Waals surface area contributed by atoms with E-state index in [4.69, 9.17) is 10.5 Å². The number of nitrogens with two attached hydrogens (primary N) is 1. The largest absolute Gasteiger partial charge is 0.497 e. The number of urea groups is 1. The Morgan fingerprint density at radius 3 is 2.30 bits per heavy atom. The van der Waals surface area contributed by atoms with E-state index in [1.807, 2.05) is 51.1 Å². The summed E-state index contributed by atoms with van der Waals surface area (Å²) in [6.07, 6.45) is 0. The van der Waals surface area contributed by atoms with Crippen LogP contribution in [0.4, 0.5) is 16.2 Å². The van der Waals surface area contributed by atoms with E-state index in [9.17, 15) is 4.79 Å². The van der Waals surface area contributed by atoms with Gasteiger partial charge in [0, 0.05) is 29.5 Å². The highest BCUT2D eigenvalue weighted by molar-refractivity contribution is 5.90. The van der Waals surface area contributed by atoms with Gasteiger partial charge in [0.05, 0.1) is 12.6 Å². The molecule has 4 N–H and O–H groups in total. The van der Waals surface area contributed by atoms with Crippen LogP contribution in [0, 0.1) is 6.92 Å². The van der Waals surface area contributed by atoms with Crippen molar-refractivity contribution in [3.63, 3.8) is 0 Å². The van der Waals surface area contributed by atoms with Crippen molar-refractivity contribution in [3.05, 3.63) is 60.3 Å². The molecule has 1 heterocycles. The van der Waals surface area contributed by atoms with Gasteiger partial charge in [-0.05, 0) is 43.3 Å². The number of pyridine rings is 1. The van der Waals surface area contributed by atoms with E-state index < -0.39 is 0 Å². The Morgan fingerprint density at radius 2 is 1.70 bits per heavy atom. The van der Waals surface area contributed by atoms with Crippen molar-refractivity contribution >= 4 is 28.3 Å². The minimum Gasteiger partial charge on any atom is -0.497 e. The number of rotatable bonds is 2. The van der Waals surface area contributed by atoms with E-state index >= 15 is 0 Å². The number of nitrogens with one attached hydrogen (secondary N) is 2. The summed E-state index contributed by atoms with van der Waals surface area (Å²) in [4.78, 5) is 15.2. The highest BCUT2D eigenvalue weighted by atomic mass is 16.5. The molecule has 27 heavy (non-hydrogen) atoms. The number of anilines is 2. The Kier molecular flexibility index (Phi) is 9.15. The quantitative estimate of drug-likeness (QED) is 0.617. The molecule has 0 fully saturated rings. The van der Waals surface area contributed by atoms with Gasteiger partial charge in [0.2, 0.25) is 0 Å². The Hall–Kier alpha value is -3.28. The molecule has 6 heteroatoms. The van der Waals surface area contributed by atoms with Gasteiger partial charge in [-0.15, -0.1) is 0 Å². The summed E-state index contributed by atoms with van der Waals surface area (Å²) in [5, 5.41) is 6.13. The maximum atomic E-state index is 10.9. The number of nitrogen functional groups attached to an aromatic ring is 1. The number of aromatic nitrogens is 1. The molecule has 6 nitrogen and oxygen atoms in total. The SMILES string of the molecule is CC.CNC(=O)Nc1ccc(OC)cc1.Cc1cc(N)c2ccccc2n1. The van der Waals surface area contributed by atoms with Gasteiger partial charge >= 0.3 is 6.03 Å². The molecule has 2 aromatic carbocycles. The monoisotopic (exact) mass is 368 g/mol. The molecule has 0 aliphatic rings. The molecule has 3 aromatic rings. The molecule has 0 atom stereocenters. The number of hydrogen-bond acceptors (Lipinski definition) is 4. The third-order valence-corrected chi connectivity index (χ3v) is 3.45. The van der Waals surface area contributed by atoms with Gasteiger partial charge in [0.1, 0.15) is 5.75 Å². The molecule has 0 aliphatic heterocycles. The lowest BCUT2D eigenvalue weighted by Crippen LogP contribution is -2.24. The van der Waals surface area contributed by atoms with Crippen LogP contribution in [0.15, 0.2) is 54.6 Å². The van der Waals surface area contributed by atoms with Crippen molar-refractivity contribution in [1.29, 1.82) is 0 Å². The van der Waals surface area contributed by atoms with Crippen LogP contribution >= 0.6 is 0 Å². The number of benzene rings is 2. The first-order chi connectivity index (χ1) is 13.0. The number of methoxy groups -OCH3 is 1. The Bertz CT molecular complexity index is 848. The Balaban J connectivity index is 0.000000248. The lowest BCUT2D eigenvalue weighted by Gasteiger charge is -2.04. The van der Waals surface area contributed by atoms with Gasteiger partial charge in [0.15, 0.2) is 0 Å². The highest BCUT2D eigenvalue weighted by Crippen LogP contribution is 2.19. The third kappa shape index (κ3) is 6.86. The van der Waals surface area contributed by atoms with Gasteiger partial charge < -0.3 is 21.1 Å². The molecule has 0 saturated carbocycles.